The van der Waals surface area contributed by atoms with E-state index in [-0.39, 0.29) is 11.8 Å². The maximum atomic E-state index is 10.7. The van der Waals surface area contributed by atoms with E-state index in [4.69, 9.17) is 0 Å². The molecule has 0 aliphatic heterocycles. The van der Waals surface area contributed by atoms with Gasteiger partial charge in [-0.1, -0.05) is 13.3 Å². The van der Waals surface area contributed by atoms with Crippen LogP contribution in [-0.4, -0.2) is 11.8 Å². The Morgan fingerprint density at radius 2 is 2.09 bits per heavy atom. The van der Waals surface area contributed by atoms with Crippen molar-refractivity contribution in [3.8, 4) is 0 Å². The van der Waals surface area contributed by atoms with E-state index in [2.05, 4.69) is 10.9 Å². The number of rotatable bonds is 3. The summed E-state index contributed by atoms with van der Waals surface area (Å²) in [7, 11) is 0. The highest BCUT2D eigenvalue weighted by Crippen LogP contribution is 1.91. The fraction of sp³-hybridized carbons (Fsp3) is 0.714. The van der Waals surface area contributed by atoms with Crippen molar-refractivity contribution < 1.29 is 9.59 Å². The highest BCUT2D eigenvalue weighted by molar-refractivity contribution is 5.80. The van der Waals surface area contributed by atoms with Gasteiger partial charge >= 0.3 is 0 Å². The Balaban J connectivity index is 3.30. The van der Waals surface area contributed by atoms with Crippen LogP contribution < -0.4 is 10.9 Å². The third kappa shape index (κ3) is 6.83. The van der Waals surface area contributed by atoms with Gasteiger partial charge in [-0.25, -0.2) is 5.43 Å². The number of carbonyl (C=O) groups is 2. The zero-order valence-corrected chi connectivity index (χ0v) is 6.89. The number of hydrogen-bond acceptors (Lipinski definition) is 2. The standard InChI is InChI=1S/C7H13N2O2/c1-3-4-5-7(11)9-8-6(2)10/h3-5H2,1-2H3,(H,9,11). The Hall–Kier alpha value is -1.06. The van der Waals surface area contributed by atoms with Gasteiger partial charge in [0.2, 0.25) is 5.91 Å². The zero-order valence-electron chi connectivity index (χ0n) is 6.89. The van der Waals surface area contributed by atoms with Crippen molar-refractivity contribution >= 4 is 11.8 Å². The molecule has 0 saturated carbocycles. The number of unbranched alkanes of at least 4 members (excludes halogenated alkanes) is 1. The lowest BCUT2D eigenvalue weighted by Crippen LogP contribution is -2.33. The summed E-state index contributed by atoms with van der Waals surface area (Å²) in [5.74, 6) is -0.572. The van der Waals surface area contributed by atoms with Gasteiger partial charge in [0.15, 0.2) is 0 Å². The molecule has 4 nitrogen and oxygen atoms in total. The molecule has 0 bridgehead atoms. The summed E-state index contributed by atoms with van der Waals surface area (Å²) in [6.45, 7) is 3.29. The molecule has 0 unspecified atom stereocenters. The van der Waals surface area contributed by atoms with Crippen LogP contribution in [0.15, 0.2) is 0 Å². The highest BCUT2D eigenvalue weighted by atomic mass is 16.2. The van der Waals surface area contributed by atoms with E-state index in [9.17, 15) is 9.59 Å². The summed E-state index contributed by atoms with van der Waals surface area (Å²) in [5.41, 5.74) is 5.39. The lowest BCUT2D eigenvalue weighted by Gasteiger charge is -1.99. The first kappa shape index (κ1) is 9.94. The van der Waals surface area contributed by atoms with Crippen molar-refractivity contribution in [2.24, 2.45) is 0 Å². The third-order valence-corrected chi connectivity index (χ3v) is 1.10. The first-order chi connectivity index (χ1) is 5.16. The fourth-order valence-corrected chi connectivity index (χ4v) is 0.534. The molecular weight excluding hydrogens is 144 g/mol. The first-order valence-corrected chi connectivity index (χ1v) is 3.67. The molecule has 0 aliphatic rings. The minimum Gasteiger partial charge on any atom is -0.273 e. The topological polar surface area (TPSA) is 60.3 Å². The van der Waals surface area contributed by atoms with Crippen LogP contribution in [0.5, 0.6) is 0 Å². The average Bonchev–Trinajstić information content (AvgIpc) is 1.97. The quantitative estimate of drug-likeness (QED) is 0.601. The predicted octanol–water partition coefficient (Wildman–Crippen LogP) is 0.359. The number of carbonyl (C=O) groups excluding carboxylic acids is 2. The van der Waals surface area contributed by atoms with Crippen LogP contribution in [-0.2, 0) is 9.59 Å². The van der Waals surface area contributed by atoms with Crippen molar-refractivity contribution in [1.82, 2.24) is 10.9 Å². The Bertz CT molecular complexity index is 145. The molecule has 0 saturated heterocycles. The van der Waals surface area contributed by atoms with Crippen LogP contribution >= 0.6 is 0 Å². The van der Waals surface area contributed by atoms with Gasteiger partial charge in [0, 0.05) is 13.3 Å². The number of amides is 2. The summed E-state index contributed by atoms with van der Waals surface area (Å²) in [4.78, 5) is 21.0. The minimum atomic E-state index is -0.380. The maximum Gasteiger partial charge on any atom is 0.259 e. The largest absolute Gasteiger partial charge is 0.273 e. The van der Waals surface area contributed by atoms with E-state index in [1.165, 1.54) is 6.92 Å². The number of nitrogens with zero attached hydrogens (tertiary/aromatic N) is 1. The van der Waals surface area contributed by atoms with E-state index in [0.29, 0.717) is 6.42 Å². The fourth-order valence-electron chi connectivity index (χ4n) is 0.534. The number of nitrogens with one attached hydrogen (secondary N) is 1. The summed E-state index contributed by atoms with van der Waals surface area (Å²) >= 11 is 0. The summed E-state index contributed by atoms with van der Waals surface area (Å²) in [6, 6.07) is 0. The van der Waals surface area contributed by atoms with Gasteiger partial charge in [0.1, 0.15) is 0 Å². The molecule has 4 heteroatoms. The molecule has 0 fully saturated rings. The van der Waals surface area contributed by atoms with Gasteiger partial charge in [-0.3, -0.25) is 9.59 Å². The van der Waals surface area contributed by atoms with Gasteiger partial charge in [-0.15, -0.1) is 5.43 Å². The van der Waals surface area contributed by atoms with Crippen molar-refractivity contribution in [1.29, 1.82) is 0 Å². The van der Waals surface area contributed by atoms with Crippen molar-refractivity contribution in [3.05, 3.63) is 0 Å². The monoisotopic (exact) mass is 157 g/mol. The van der Waals surface area contributed by atoms with E-state index in [0.717, 1.165) is 12.8 Å². The summed E-state index contributed by atoms with van der Waals surface area (Å²) in [5, 5.41) is 0. The predicted molar refractivity (Wildman–Crippen MR) is 40.5 cm³/mol. The molecule has 1 N–H and O–H groups in total. The van der Waals surface area contributed by atoms with Gasteiger partial charge in [-0.05, 0) is 6.42 Å². The average molecular weight is 157 g/mol. The summed E-state index contributed by atoms with van der Waals surface area (Å²) in [6.07, 6.45) is 2.24. The lowest BCUT2D eigenvalue weighted by atomic mass is 10.2. The van der Waals surface area contributed by atoms with Crippen LogP contribution in [0.3, 0.4) is 0 Å². The first-order valence-electron chi connectivity index (χ1n) is 3.67. The molecule has 11 heavy (non-hydrogen) atoms. The Morgan fingerprint density at radius 1 is 1.45 bits per heavy atom. The van der Waals surface area contributed by atoms with Crippen LogP contribution in [0, 0.1) is 0 Å². The van der Waals surface area contributed by atoms with Gasteiger partial charge < -0.3 is 0 Å². The Labute approximate surface area is 66.3 Å². The molecule has 0 heterocycles. The van der Waals surface area contributed by atoms with Crippen LogP contribution in [0.4, 0.5) is 0 Å². The van der Waals surface area contributed by atoms with Gasteiger partial charge in [0.05, 0.1) is 0 Å². The second-order valence-corrected chi connectivity index (χ2v) is 2.27. The molecule has 0 spiro atoms. The second kappa shape index (κ2) is 5.70. The molecule has 0 aliphatic carbocycles. The molecule has 0 aromatic carbocycles. The molecule has 0 atom stereocenters. The van der Waals surface area contributed by atoms with E-state index >= 15 is 0 Å². The van der Waals surface area contributed by atoms with Crippen LogP contribution in [0.2, 0.25) is 0 Å². The molecule has 0 aromatic rings. The van der Waals surface area contributed by atoms with E-state index in [1.54, 1.807) is 0 Å². The minimum absolute atomic E-state index is 0.193. The number of hydrogen-bond donors (Lipinski definition) is 1. The van der Waals surface area contributed by atoms with E-state index in [1.807, 2.05) is 6.92 Å². The Morgan fingerprint density at radius 3 is 2.55 bits per heavy atom. The van der Waals surface area contributed by atoms with Crippen LogP contribution in [0.1, 0.15) is 33.1 Å². The van der Waals surface area contributed by atoms with Gasteiger partial charge in [-0.2, -0.15) is 0 Å². The van der Waals surface area contributed by atoms with Crippen molar-refractivity contribution in [2.45, 2.75) is 33.1 Å². The second-order valence-electron chi connectivity index (χ2n) is 2.27. The molecule has 0 rings (SSSR count). The SMILES string of the molecule is CCCCC(=O)N[N]C(C)=O. The molecule has 2 amide bonds. The third-order valence-electron chi connectivity index (χ3n) is 1.10. The molecule has 0 aromatic heterocycles. The highest BCUT2D eigenvalue weighted by Gasteiger charge is 2.00. The molecular formula is C7H13N2O2. The Kier molecular flexibility index (Phi) is 5.15. The van der Waals surface area contributed by atoms with Crippen LogP contribution in [0.25, 0.3) is 0 Å². The van der Waals surface area contributed by atoms with E-state index < -0.39 is 0 Å². The summed E-state index contributed by atoms with van der Waals surface area (Å²) < 4.78 is 0. The maximum absolute atomic E-state index is 10.7. The molecule has 63 valence electrons. The normalized spacial score (nSPS) is 8.91. The van der Waals surface area contributed by atoms with Gasteiger partial charge in [0.25, 0.3) is 5.91 Å². The zero-order chi connectivity index (χ0) is 8.69. The lowest BCUT2D eigenvalue weighted by molar-refractivity contribution is -0.128. The van der Waals surface area contributed by atoms with Crippen molar-refractivity contribution in [2.75, 3.05) is 0 Å². The smallest absolute Gasteiger partial charge is 0.259 e. The molecule has 1 radical (unpaired) electrons. The van der Waals surface area contributed by atoms with Crippen molar-refractivity contribution in [3.63, 3.8) is 0 Å².